The predicted molar refractivity (Wildman–Crippen MR) is 111 cm³/mol. The van der Waals surface area contributed by atoms with Crippen molar-refractivity contribution in [1.82, 2.24) is 29.7 Å². The van der Waals surface area contributed by atoms with Gasteiger partial charge in [0.2, 0.25) is 0 Å². The van der Waals surface area contributed by atoms with Gasteiger partial charge in [0.05, 0.1) is 18.3 Å². The number of carbonyl (C=O) groups is 2. The zero-order valence-corrected chi connectivity index (χ0v) is 16.2. The van der Waals surface area contributed by atoms with E-state index in [2.05, 4.69) is 30.6 Å². The Morgan fingerprint density at radius 1 is 1.10 bits per heavy atom. The highest BCUT2D eigenvalue weighted by molar-refractivity contribution is 5.95. The molecule has 0 unspecified atom stereocenters. The zero-order valence-electron chi connectivity index (χ0n) is 16.2. The van der Waals surface area contributed by atoms with E-state index in [-0.39, 0.29) is 18.2 Å². The quantitative estimate of drug-likeness (QED) is 0.480. The van der Waals surface area contributed by atoms with Crippen LogP contribution in [0.1, 0.15) is 23.2 Å². The highest BCUT2D eigenvalue weighted by Gasteiger charge is 2.16. The van der Waals surface area contributed by atoms with Gasteiger partial charge in [-0.2, -0.15) is 0 Å². The van der Waals surface area contributed by atoms with Gasteiger partial charge in [-0.15, -0.1) is 0 Å². The second-order valence-corrected chi connectivity index (χ2v) is 6.45. The Hall–Kier alpha value is -4.14. The molecule has 0 aliphatic carbocycles. The minimum atomic E-state index is -0.354. The maximum absolute atomic E-state index is 12.7. The number of imidazole rings is 1. The molecule has 0 spiro atoms. The molecule has 4 aromatic rings. The van der Waals surface area contributed by atoms with Gasteiger partial charge in [-0.1, -0.05) is 6.07 Å². The first-order chi connectivity index (χ1) is 14.6. The number of hydrogen-bond donors (Lipinski definition) is 2. The molecule has 9 nitrogen and oxygen atoms in total. The third-order valence-electron chi connectivity index (χ3n) is 4.33. The van der Waals surface area contributed by atoms with Crippen LogP contribution in [0.3, 0.4) is 0 Å². The molecule has 0 saturated heterocycles. The number of amides is 2. The van der Waals surface area contributed by atoms with Gasteiger partial charge in [0, 0.05) is 36.8 Å². The number of rotatable bonds is 6. The molecule has 0 atom stereocenters. The molecule has 0 radical (unpaired) electrons. The summed E-state index contributed by atoms with van der Waals surface area (Å²) in [4.78, 5) is 42.0. The normalized spacial score (nSPS) is 10.7. The van der Waals surface area contributed by atoms with Crippen LogP contribution in [0, 0.1) is 0 Å². The van der Waals surface area contributed by atoms with E-state index < -0.39 is 0 Å². The average Bonchev–Trinajstić information content (AvgIpc) is 3.17. The van der Waals surface area contributed by atoms with E-state index in [1.807, 2.05) is 19.1 Å². The van der Waals surface area contributed by atoms with E-state index in [0.717, 1.165) is 5.56 Å². The highest BCUT2D eigenvalue weighted by Crippen LogP contribution is 2.21. The van der Waals surface area contributed by atoms with Crippen molar-refractivity contribution in [2.75, 3.05) is 11.9 Å². The number of urea groups is 1. The van der Waals surface area contributed by atoms with Gasteiger partial charge in [-0.05, 0) is 31.2 Å². The molecule has 2 N–H and O–H groups in total. The Morgan fingerprint density at radius 3 is 2.73 bits per heavy atom. The number of aromatic nitrogens is 5. The lowest BCUT2D eigenvalue weighted by molar-refractivity contribution is 0.0985. The van der Waals surface area contributed by atoms with Gasteiger partial charge in [-0.25, -0.2) is 14.8 Å². The van der Waals surface area contributed by atoms with E-state index >= 15 is 0 Å². The van der Waals surface area contributed by atoms with Gasteiger partial charge in [0.25, 0.3) is 0 Å². The maximum atomic E-state index is 12.7. The SMILES string of the molecule is CCNC(=O)Nc1cn2c(CC(=O)c3ccccn3)nc(-c3cccnc3)cc2n1. The number of nitrogens with one attached hydrogen (secondary N) is 2. The predicted octanol–water partition coefficient (Wildman–Crippen LogP) is 2.75. The van der Waals surface area contributed by atoms with Crippen LogP contribution in [0.2, 0.25) is 0 Å². The van der Waals surface area contributed by atoms with Gasteiger partial charge >= 0.3 is 6.03 Å². The maximum Gasteiger partial charge on any atom is 0.320 e. The van der Waals surface area contributed by atoms with Crippen molar-refractivity contribution in [2.24, 2.45) is 0 Å². The number of hydrogen-bond acceptors (Lipinski definition) is 6. The Bertz CT molecular complexity index is 1190. The van der Waals surface area contributed by atoms with Gasteiger partial charge in [-0.3, -0.25) is 24.5 Å². The first kappa shape index (κ1) is 19.2. The van der Waals surface area contributed by atoms with E-state index in [1.54, 1.807) is 53.5 Å². The molecule has 0 aromatic carbocycles. The van der Waals surface area contributed by atoms with Crippen LogP contribution >= 0.6 is 0 Å². The van der Waals surface area contributed by atoms with Crippen LogP contribution < -0.4 is 10.6 Å². The summed E-state index contributed by atoms with van der Waals surface area (Å²) in [6.07, 6.45) is 6.62. The standard InChI is InChI=1S/C21H19N7O2/c1-2-23-21(30)27-18-13-28-19(26-18)10-16(14-6-5-8-22-12-14)25-20(28)11-17(29)15-7-3-4-9-24-15/h3-10,12-13H,2,11H2,1H3,(H2,23,27,30). The fourth-order valence-electron chi connectivity index (χ4n) is 2.98. The topological polar surface area (TPSA) is 114 Å². The van der Waals surface area contributed by atoms with Crippen molar-refractivity contribution in [2.45, 2.75) is 13.3 Å². The van der Waals surface area contributed by atoms with E-state index in [0.29, 0.717) is 35.2 Å². The number of carbonyl (C=O) groups excluding carboxylic acids is 2. The lowest BCUT2D eigenvalue weighted by Gasteiger charge is -2.07. The molecule has 4 aromatic heterocycles. The van der Waals surface area contributed by atoms with Gasteiger partial charge in [0.1, 0.15) is 17.2 Å². The highest BCUT2D eigenvalue weighted by atomic mass is 16.2. The average molecular weight is 401 g/mol. The van der Waals surface area contributed by atoms with Crippen molar-refractivity contribution in [3.8, 4) is 11.3 Å². The minimum Gasteiger partial charge on any atom is -0.338 e. The second-order valence-electron chi connectivity index (χ2n) is 6.45. The number of ketones is 1. The van der Waals surface area contributed by atoms with Crippen molar-refractivity contribution in [3.63, 3.8) is 0 Å². The van der Waals surface area contributed by atoms with Crippen LogP contribution in [0.25, 0.3) is 16.9 Å². The Balaban J connectivity index is 1.76. The Labute approximate surface area is 172 Å². The second kappa shape index (κ2) is 8.48. The molecule has 2 amide bonds. The lowest BCUT2D eigenvalue weighted by atomic mass is 10.1. The van der Waals surface area contributed by atoms with Crippen LogP contribution in [-0.2, 0) is 6.42 Å². The number of Topliss-reactive ketones (excluding diaryl/α,β-unsaturated/α-hetero) is 1. The Kier molecular flexibility index (Phi) is 5.42. The summed E-state index contributed by atoms with van der Waals surface area (Å²) >= 11 is 0. The van der Waals surface area contributed by atoms with Crippen molar-refractivity contribution in [1.29, 1.82) is 0 Å². The number of pyridine rings is 2. The van der Waals surface area contributed by atoms with Crippen molar-refractivity contribution in [3.05, 3.63) is 72.7 Å². The molecular formula is C21H19N7O2. The molecule has 0 fully saturated rings. The molecule has 150 valence electrons. The molecule has 0 saturated carbocycles. The summed E-state index contributed by atoms with van der Waals surface area (Å²) in [6, 6.07) is 10.3. The first-order valence-corrected chi connectivity index (χ1v) is 9.42. The number of fused-ring (bicyclic) bond motifs is 1. The van der Waals surface area contributed by atoms with Crippen LogP contribution in [-0.4, -0.2) is 42.7 Å². The summed E-state index contributed by atoms with van der Waals surface area (Å²) < 4.78 is 1.70. The van der Waals surface area contributed by atoms with Crippen LogP contribution in [0.4, 0.5) is 10.6 Å². The number of nitrogens with zero attached hydrogens (tertiary/aromatic N) is 5. The molecule has 4 heterocycles. The summed E-state index contributed by atoms with van der Waals surface area (Å²) in [6.45, 7) is 2.32. The summed E-state index contributed by atoms with van der Waals surface area (Å²) in [7, 11) is 0. The van der Waals surface area contributed by atoms with E-state index in [9.17, 15) is 9.59 Å². The van der Waals surface area contributed by atoms with E-state index in [4.69, 9.17) is 0 Å². The van der Waals surface area contributed by atoms with Crippen LogP contribution in [0.15, 0.2) is 61.2 Å². The fourth-order valence-corrected chi connectivity index (χ4v) is 2.98. The largest absolute Gasteiger partial charge is 0.338 e. The summed E-state index contributed by atoms with van der Waals surface area (Å²) in [5.74, 6) is 0.677. The monoisotopic (exact) mass is 401 g/mol. The minimum absolute atomic E-state index is 0.0264. The first-order valence-electron chi connectivity index (χ1n) is 9.42. The van der Waals surface area contributed by atoms with Gasteiger partial charge < -0.3 is 5.32 Å². The molecule has 4 rings (SSSR count). The molecular weight excluding hydrogens is 382 g/mol. The van der Waals surface area contributed by atoms with Crippen molar-refractivity contribution < 1.29 is 9.59 Å². The fraction of sp³-hybridized carbons (Fsp3) is 0.143. The third-order valence-corrected chi connectivity index (χ3v) is 4.33. The molecule has 30 heavy (non-hydrogen) atoms. The van der Waals surface area contributed by atoms with Crippen LogP contribution in [0.5, 0.6) is 0 Å². The molecule has 0 bridgehead atoms. The summed E-state index contributed by atoms with van der Waals surface area (Å²) in [5.41, 5.74) is 2.35. The molecule has 9 heteroatoms. The zero-order chi connectivity index (χ0) is 20.9. The smallest absolute Gasteiger partial charge is 0.320 e. The van der Waals surface area contributed by atoms with Gasteiger partial charge in [0.15, 0.2) is 11.6 Å². The van der Waals surface area contributed by atoms with E-state index in [1.165, 1.54) is 0 Å². The lowest BCUT2D eigenvalue weighted by Crippen LogP contribution is -2.28. The Morgan fingerprint density at radius 2 is 2.00 bits per heavy atom. The third kappa shape index (κ3) is 4.14. The molecule has 0 aliphatic heterocycles. The van der Waals surface area contributed by atoms with Crippen molar-refractivity contribution >= 4 is 23.3 Å². The molecule has 0 aliphatic rings. The summed E-state index contributed by atoms with van der Waals surface area (Å²) in [5, 5.41) is 5.34. The number of anilines is 1.